The second kappa shape index (κ2) is 10.3. The Morgan fingerprint density at radius 3 is 2.56 bits per heavy atom. The molecule has 3 heterocycles. The number of pyridine rings is 1. The maximum atomic E-state index is 13.7. The molecule has 39 heavy (non-hydrogen) atoms. The van der Waals surface area contributed by atoms with Gasteiger partial charge < -0.3 is 10.6 Å². The highest BCUT2D eigenvalue weighted by Gasteiger charge is 2.35. The molecule has 2 aliphatic rings. The van der Waals surface area contributed by atoms with Crippen LogP contribution in [-0.2, 0) is 7.05 Å². The predicted molar refractivity (Wildman–Crippen MR) is 156 cm³/mol. The average molecular weight is 585 g/mol. The normalized spacial score (nSPS) is 19.1. The first-order valence-electron chi connectivity index (χ1n) is 13.1. The number of rotatable bonds is 6. The number of anilines is 1. The fourth-order valence-corrected chi connectivity index (χ4v) is 5.99. The number of aromatic nitrogens is 3. The van der Waals surface area contributed by atoms with Crippen molar-refractivity contribution in [3.8, 4) is 11.3 Å². The van der Waals surface area contributed by atoms with Crippen molar-refractivity contribution in [2.75, 3.05) is 5.32 Å². The molecule has 1 saturated carbocycles. The van der Waals surface area contributed by atoms with Crippen LogP contribution in [0.2, 0.25) is 0 Å². The Bertz CT molecular complexity index is 1760. The van der Waals surface area contributed by atoms with Gasteiger partial charge in [-0.2, -0.15) is 0 Å². The molecular weight excluding hydrogens is 554 g/mol. The molecule has 0 radical (unpaired) electrons. The summed E-state index contributed by atoms with van der Waals surface area (Å²) in [7, 11) is 1.74. The summed E-state index contributed by atoms with van der Waals surface area (Å²) in [4.78, 5) is 22.7. The highest BCUT2D eigenvalue weighted by molar-refractivity contribution is 9.09. The van der Waals surface area contributed by atoms with Crippen LogP contribution in [0.25, 0.3) is 17.1 Å². The lowest BCUT2D eigenvalue weighted by Crippen LogP contribution is -2.59. The maximum Gasteiger partial charge on any atom is 0.267 e. The molecule has 2 aromatic carbocycles. The van der Waals surface area contributed by atoms with Crippen molar-refractivity contribution in [2.45, 2.75) is 43.2 Å². The summed E-state index contributed by atoms with van der Waals surface area (Å²) in [6.45, 7) is 2.02. The number of halogens is 1. The third-order valence-corrected chi connectivity index (χ3v) is 8.30. The van der Waals surface area contributed by atoms with Crippen molar-refractivity contribution in [3.05, 3.63) is 111 Å². The number of benzene rings is 2. The van der Waals surface area contributed by atoms with Crippen molar-refractivity contribution in [3.63, 3.8) is 0 Å². The van der Waals surface area contributed by atoms with Crippen molar-refractivity contribution < 1.29 is 0 Å². The van der Waals surface area contributed by atoms with Crippen LogP contribution in [0, 0.1) is 12.3 Å². The van der Waals surface area contributed by atoms with E-state index in [0.717, 1.165) is 47.3 Å². The number of para-hydroxylation sites is 1. The van der Waals surface area contributed by atoms with Crippen molar-refractivity contribution in [1.82, 2.24) is 19.4 Å². The van der Waals surface area contributed by atoms with Crippen LogP contribution in [0.4, 0.5) is 5.69 Å². The van der Waals surface area contributed by atoms with Gasteiger partial charge in [-0.05, 0) is 55.5 Å². The predicted octanol–water partition coefficient (Wildman–Crippen LogP) is 3.62. The molecule has 0 saturated heterocycles. The zero-order chi connectivity index (χ0) is 27.1. The van der Waals surface area contributed by atoms with Crippen molar-refractivity contribution >= 4 is 27.4 Å². The number of aryl methyl sites for hydroxylation is 1. The molecule has 8 nitrogen and oxygen atoms in total. The molecule has 3 atom stereocenters. The molecule has 6 rings (SSSR count). The Morgan fingerprint density at radius 1 is 1.08 bits per heavy atom. The van der Waals surface area contributed by atoms with E-state index in [9.17, 15) is 4.79 Å². The first-order valence-corrected chi connectivity index (χ1v) is 14.1. The van der Waals surface area contributed by atoms with Gasteiger partial charge in [0.1, 0.15) is 21.5 Å². The molecule has 1 fully saturated rings. The van der Waals surface area contributed by atoms with E-state index in [1.54, 1.807) is 11.6 Å². The van der Waals surface area contributed by atoms with Gasteiger partial charge in [-0.3, -0.25) is 24.3 Å². The minimum atomic E-state index is -0.324. The van der Waals surface area contributed by atoms with Crippen molar-refractivity contribution in [1.29, 1.82) is 5.41 Å². The fourth-order valence-electron chi connectivity index (χ4n) is 5.46. The molecule has 9 heteroatoms. The van der Waals surface area contributed by atoms with Gasteiger partial charge in [0, 0.05) is 24.5 Å². The van der Waals surface area contributed by atoms with Gasteiger partial charge in [-0.1, -0.05) is 64.5 Å². The lowest BCUT2D eigenvalue weighted by Gasteiger charge is -2.20. The van der Waals surface area contributed by atoms with E-state index in [1.165, 1.54) is 0 Å². The quantitative estimate of drug-likeness (QED) is 0.238. The zero-order valence-corrected chi connectivity index (χ0v) is 23.4. The van der Waals surface area contributed by atoms with E-state index in [4.69, 9.17) is 10.4 Å². The van der Waals surface area contributed by atoms with Crippen LogP contribution >= 0.6 is 15.9 Å². The van der Waals surface area contributed by atoms with Crippen LogP contribution < -0.4 is 32.5 Å². The third-order valence-electron chi connectivity index (χ3n) is 7.54. The van der Waals surface area contributed by atoms with Gasteiger partial charge in [-0.15, -0.1) is 0 Å². The topological polar surface area (TPSA) is 100 Å². The third kappa shape index (κ3) is 4.71. The molecule has 0 bridgehead atoms. The molecule has 1 unspecified atom stereocenters. The van der Waals surface area contributed by atoms with E-state index in [1.807, 2.05) is 78.4 Å². The Hall–Kier alpha value is -3.98. The van der Waals surface area contributed by atoms with Gasteiger partial charge in [0.2, 0.25) is 5.62 Å². The van der Waals surface area contributed by atoms with Gasteiger partial charge in [0.25, 0.3) is 5.56 Å². The standard InChI is InChI=1S/C30H30BrN7O/c1-18-11-16-22(33-17-18)19-12-14-20(15-13-19)26(31)36-28(34-21-7-4-3-5-8-21)25-27(32)38-24-10-6-9-23(24)35-30(38)37(2)29(25)39/h3-5,7-8,11-17,23-24,26,32,34,36H,6,9-10H2,1-2H3/b28-25+,32-27?/t23-,24+,26?/m1/s1. The minimum Gasteiger partial charge on any atom is -0.355 e. The Kier molecular flexibility index (Phi) is 6.68. The molecule has 198 valence electrons. The molecule has 1 aliphatic heterocycles. The highest BCUT2D eigenvalue weighted by atomic mass is 79.9. The summed E-state index contributed by atoms with van der Waals surface area (Å²) < 4.78 is 3.52. The molecule has 1 aliphatic carbocycles. The maximum absolute atomic E-state index is 13.7. The van der Waals surface area contributed by atoms with E-state index in [0.29, 0.717) is 11.4 Å². The highest BCUT2D eigenvalue weighted by Crippen LogP contribution is 2.32. The van der Waals surface area contributed by atoms with Crippen molar-refractivity contribution in [2.24, 2.45) is 12.0 Å². The number of fused-ring (bicyclic) bond motifs is 3. The summed E-state index contributed by atoms with van der Waals surface area (Å²) in [5.74, 6) is 0.467. The average Bonchev–Trinajstić information content (AvgIpc) is 3.55. The van der Waals surface area contributed by atoms with E-state index in [2.05, 4.69) is 37.6 Å². The lowest BCUT2D eigenvalue weighted by molar-refractivity contribution is 0.465. The van der Waals surface area contributed by atoms with Gasteiger partial charge in [0.15, 0.2) is 0 Å². The molecular formula is C30H30BrN7O. The first-order chi connectivity index (χ1) is 18.9. The Balaban J connectivity index is 1.43. The van der Waals surface area contributed by atoms with E-state index in [-0.39, 0.29) is 33.3 Å². The van der Waals surface area contributed by atoms with Crippen LogP contribution in [0.15, 0.2) is 82.7 Å². The molecule has 0 amide bonds. The van der Waals surface area contributed by atoms with E-state index < -0.39 is 0 Å². The summed E-state index contributed by atoms with van der Waals surface area (Å²) in [5, 5.41) is 16.3. The number of hydrogen-bond donors (Lipinski definition) is 3. The van der Waals surface area contributed by atoms with Gasteiger partial charge >= 0.3 is 0 Å². The number of nitrogens with one attached hydrogen (secondary N) is 3. The summed E-state index contributed by atoms with van der Waals surface area (Å²) >= 11 is 3.78. The number of nitrogens with zero attached hydrogens (tertiary/aromatic N) is 4. The Labute approximate surface area is 234 Å². The number of alkyl halides is 1. The molecule has 4 aromatic rings. The molecule has 2 aromatic heterocycles. The molecule has 3 N–H and O–H groups in total. The van der Waals surface area contributed by atoms with Crippen LogP contribution in [-0.4, -0.2) is 20.2 Å². The van der Waals surface area contributed by atoms with Crippen LogP contribution in [0.5, 0.6) is 0 Å². The fraction of sp³-hybridized carbons (Fsp3) is 0.267. The summed E-state index contributed by atoms with van der Waals surface area (Å²) in [5.41, 5.74) is 5.35. The summed E-state index contributed by atoms with van der Waals surface area (Å²) in [6, 6.07) is 22.1. The van der Waals surface area contributed by atoms with Crippen LogP contribution in [0.3, 0.4) is 0 Å². The minimum absolute atomic E-state index is 0.124. The van der Waals surface area contributed by atoms with Gasteiger partial charge in [0.05, 0.1) is 17.8 Å². The molecule has 0 spiro atoms. The largest absolute Gasteiger partial charge is 0.355 e. The summed E-state index contributed by atoms with van der Waals surface area (Å²) in [6.07, 6.45) is 4.90. The number of hydrogen-bond acceptors (Lipinski definition) is 6. The Morgan fingerprint density at radius 2 is 1.85 bits per heavy atom. The SMILES string of the molecule is Cc1ccc(-c2ccc(C(Br)N/C(Nc3ccccc3)=c3/c(=O)n(C)c4n(c3=N)[C@H]3CCC[C@H]3N=4)cc2)nc1. The van der Waals surface area contributed by atoms with Gasteiger partial charge in [-0.25, -0.2) is 4.99 Å². The van der Waals surface area contributed by atoms with Crippen LogP contribution in [0.1, 0.15) is 41.4 Å². The second-order valence-electron chi connectivity index (χ2n) is 10.2. The monoisotopic (exact) mass is 583 g/mol. The smallest absolute Gasteiger partial charge is 0.267 e. The van der Waals surface area contributed by atoms with E-state index >= 15 is 0 Å². The first kappa shape index (κ1) is 25.3. The zero-order valence-electron chi connectivity index (χ0n) is 21.9. The lowest BCUT2D eigenvalue weighted by atomic mass is 10.1. The second-order valence-corrected chi connectivity index (χ2v) is 11.1.